The number of hydrogen-bond donors (Lipinski definition) is 2. The van der Waals surface area contributed by atoms with Crippen LogP contribution in [0.5, 0.6) is 5.75 Å². The molecule has 0 bridgehead atoms. The van der Waals surface area contributed by atoms with Crippen molar-refractivity contribution in [1.29, 1.82) is 0 Å². The van der Waals surface area contributed by atoms with E-state index in [2.05, 4.69) is 10.0 Å². The quantitative estimate of drug-likeness (QED) is 0.589. The molecule has 1 saturated carbocycles. The predicted octanol–water partition coefficient (Wildman–Crippen LogP) is 3.83. The van der Waals surface area contributed by atoms with E-state index >= 15 is 0 Å². The first-order valence-electron chi connectivity index (χ1n) is 9.92. The van der Waals surface area contributed by atoms with E-state index < -0.39 is 15.3 Å². The van der Waals surface area contributed by atoms with E-state index in [1.807, 2.05) is 24.3 Å². The summed E-state index contributed by atoms with van der Waals surface area (Å²) >= 11 is 0. The first-order chi connectivity index (χ1) is 12.9. The average Bonchev–Trinajstić information content (AvgIpc) is 2.62. The van der Waals surface area contributed by atoms with Crippen LogP contribution in [0.25, 0.3) is 0 Å². The molecule has 6 nitrogen and oxygen atoms in total. The monoisotopic (exact) mass is 396 g/mol. The Morgan fingerprint density at radius 2 is 1.93 bits per heavy atom. The van der Waals surface area contributed by atoms with Crippen LogP contribution in [0.3, 0.4) is 0 Å². The van der Waals surface area contributed by atoms with Gasteiger partial charge in [0.25, 0.3) is 0 Å². The molecule has 2 rings (SSSR count). The maximum absolute atomic E-state index is 12.1. The van der Waals surface area contributed by atoms with Crippen LogP contribution >= 0.6 is 0 Å². The minimum atomic E-state index is -3.23. The zero-order valence-electron chi connectivity index (χ0n) is 16.4. The van der Waals surface area contributed by atoms with E-state index in [1.165, 1.54) is 19.3 Å². The predicted molar refractivity (Wildman–Crippen MR) is 108 cm³/mol. The summed E-state index contributed by atoms with van der Waals surface area (Å²) in [6.45, 7) is 3.64. The first kappa shape index (κ1) is 21.7. The fourth-order valence-corrected chi connectivity index (χ4v) is 3.80. The molecule has 0 heterocycles. The topological polar surface area (TPSA) is 84.5 Å². The van der Waals surface area contributed by atoms with Gasteiger partial charge in [-0.1, -0.05) is 12.5 Å². The average molecular weight is 397 g/mol. The Labute approximate surface area is 163 Å². The van der Waals surface area contributed by atoms with Gasteiger partial charge in [-0.15, -0.1) is 0 Å². The number of benzene rings is 1. The highest BCUT2D eigenvalue weighted by Crippen LogP contribution is 2.25. The second kappa shape index (κ2) is 10.7. The van der Waals surface area contributed by atoms with E-state index in [4.69, 9.17) is 4.74 Å². The third-order valence-electron chi connectivity index (χ3n) is 4.73. The highest BCUT2D eigenvalue weighted by molar-refractivity contribution is 7.90. The first-order valence-corrected chi connectivity index (χ1v) is 11.5. The van der Waals surface area contributed by atoms with Gasteiger partial charge in [0, 0.05) is 24.7 Å². The van der Waals surface area contributed by atoms with Crippen molar-refractivity contribution in [2.45, 2.75) is 76.6 Å². The molecule has 1 aromatic rings. The Morgan fingerprint density at radius 1 is 1.19 bits per heavy atom. The van der Waals surface area contributed by atoms with E-state index in [0.717, 1.165) is 24.3 Å². The van der Waals surface area contributed by atoms with Gasteiger partial charge in [0.2, 0.25) is 15.9 Å². The fourth-order valence-electron chi connectivity index (χ4n) is 3.04. The zero-order valence-corrected chi connectivity index (χ0v) is 17.2. The normalized spacial score (nSPS) is 15.7. The van der Waals surface area contributed by atoms with Crippen molar-refractivity contribution in [3.05, 3.63) is 24.3 Å². The highest BCUT2D eigenvalue weighted by atomic mass is 32.2. The number of carbonyl (C=O) groups is 1. The Kier molecular flexibility index (Phi) is 8.57. The highest BCUT2D eigenvalue weighted by Gasteiger charge is 2.15. The molecule has 1 aliphatic carbocycles. The number of rotatable bonds is 10. The van der Waals surface area contributed by atoms with Crippen molar-refractivity contribution in [3.8, 4) is 5.75 Å². The van der Waals surface area contributed by atoms with Crippen molar-refractivity contribution < 1.29 is 17.9 Å². The number of sulfonamides is 1. The van der Waals surface area contributed by atoms with Crippen molar-refractivity contribution in [2.24, 2.45) is 0 Å². The molecular weight excluding hydrogens is 364 g/mol. The fraction of sp³-hybridized carbons (Fsp3) is 0.650. The van der Waals surface area contributed by atoms with Crippen molar-refractivity contribution in [1.82, 2.24) is 4.72 Å². The lowest BCUT2D eigenvalue weighted by Crippen LogP contribution is -2.31. The molecule has 0 aliphatic heterocycles. The van der Waals surface area contributed by atoms with Gasteiger partial charge in [-0.3, -0.25) is 4.79 Å². The SMILES string of the molecule is CC(C)S(=O)(=O)NCCCCC(=O)Nc1cccc(OC2CCCCC2)c1. The number of ether oxygens (including phenoxy) is 1. The molecule has 1 fully saturated rings. The Balaban J connectivity index is 1.70. The van der Waals surface area contributed by atoms with Crippen LogP contribution in [0.4, 0.5) is 5.69 Å². The molecule has 27 heavy (non-hydrogen) atoms. The lowest BCUT2D eigenvalue weighted by atomic mass is 9.98. The van der Waals surface area contributed by atoms with Crippen molar-refractivity contribution in [2.75, 3.05) is 11.9 Å². The molecule has 2 N–H and O–H groups in total. The molecule has 0 aromatic heterocycles. The van der Waals surface area contributed by atoms with Crippen LogP contribution in [0.2, 0.25) is 0 Å². The van der Waals surface area contributed by atoms with Gasteiger partial charge >= 0.3 is 0 Å². The Morgan fingerprint density at radius 3 is 2.63 bits per heavy atom. The number of amides is 1. The summed E-state index contributed by atoms with van der Waals surface area (Å²) in [5.74, 6) is 0.722. The summed E-state index contributed by atoms with van der Waals surface area (Å²) in [5.41, 5.74) is 0.730. The molecule has 0 spiro atoms. The standard InChI is InChI=1S/C20H32N2O4S/c1-16(2)27(24,25)21-14-7-6-13-20(23)22-17-9-8-12-19(15-17)26-18-10-4-3-5-11-18/h8-9,12,15-16,18,21H,3-7,10-11,13-14H2,1-2H3,(H,22,23). The third kappa shape index (κ3) is 7.89. The van der Waals surface area contributed by atoms with Gasteiger partial charge in [-0.05, 0) is 64.5 Å². The number of anilines is 1. The molecule has 1 aromatic carbocycles. The smallest absolute Gasteiger partial charge is 0.224 e. The minimum absolute atomic E-state index is 0.0727. The maximum Gasteiger partial charge on any atom is 0.224 e. The molecule has 7 heteroatoms. The van der Waals surface area contributed by atoms with Crippen LogP contribution in [0.1, 0.15) is 65.2 Å². The molecular formula is C20H32N2O4S. The van der Waals surface area contributed by atoms with Crippen LogP contribution in [-0.2, 0) is 14.8 Å². The van der Waals surface area contributed by atoms with Gasteiger partial charge in [0.15, 0.2) is 0 Å². The summed E-state index contributed by atoms with van der Waals surface area (Å²) in [5, 5.41) is 2.45. The summed E-state index contributed by atoms with van der Waals surface area (Å²) in [7, 11) is -3.23. The van der Waals surface area contributed by atoms with Gasteiger partial charge in [-0.2, -0.15) is 0 Å². The number of carbonyl (C=O) groups excluding carboxylic acids is 1. The molecule has 1 aliphatic rings. The molecule has 1 amide bonds. The number of nitrogens with one attached hydrogen (secondary N) is 2. The summed E-state index contributed by atoms with van der Waals surface area (Å²) < 4.78 is 31.9. The van der Waals surface area contributed by atoms with Gasteiger partial charge in [-0.25, -0.2) is 13.1 Å². The van der Waals surface area contributed by atoms with Crippen LogP contribution in [0, 0.1) is 0 Å². The number of unbranched alkanes of at least 4 members (excludes halogenated alkanes) is 1. The summed E-state index contributed by atoms with van der Waals surface area (Å²) in [6.07, 6.45) is 7.80. The van der Waals surface area contributed by atoms with Gasteiger partial charge in [0.05, 0.1) is 11.4 Å². The van der Waals surface area contributed by atoms with Gasteiger partial charge in [0.1, 0.15) is 5.75 Å². The van der Waals surface area contributed by atoms with E-state index in [9.17, 15) is 13.2 Å². The minimum Gasteiger partial charge on any atom is -0.490 e. The molecule has 0 atom stereocenters. The van der Waals surface area contributed by atoms with E-state index in [-0.39, 0.29) is 12.0 Å². The van der Waals surface area contributed by atoms with Crippen molar-refractivity contribution in [3.63, 3.8) is 0 Å². The lowest BCUT2D eigenvalue weighted by Gasteiger charge is -2.23. The molecule has 0 saturated heterocycles. The molecule has 0 unspecified atom stereocenters. The second-order valence-electron chi connectivity index (χ2n) is 7.40. The molecule has 152 valence electrons. The Hall–Kier alpha value is -1.60. The lowest BCUT2D eigenvalue weighted by molar-refractivity contribution is -0.116. The van der Waals surface area contributed by atoms with E-state index in [0.29, 0.717) is 25.8 Å². The van der Waals surface area contributed by atoms with Crippen LogP contribution < -0.4 is 14.8 Å². The third-order valence-corrected chi connectivity index (χ3v) is 6.57. The number of hydrogen-bond acceptors (Lipinski definition) is 4. The van der Waals surface area contributed by atoms with Crippen molar-refractivity contribution >= 4 is 21.6 Å². The van der Waals surface area contributed by atoms with Gasteiger partial charge < -0.3 is 10.1 Å². The Bertz CT molecular complexity index is 698. The summed E-state index contributed by atoms with van der Waals surface area (Å²) in [6, 6.07) is 7.52. The maximum atomic E-state index is 12.1. The van der Waals surface area contributed by atoms with Crippen LogP contribution in [0.15, 0.2) is 24.3 Å². The molecule has 0 radical (unpaired) electrons. The summed E-state index contributed by atoms with van der Waals surface area (Å²) in [4.78, 5) is 12.1. The van der Waals surface area contributed by atoms with Crippen LogP contribution in [-0.4, -0.2) is 32.2 Å². The second-order valence-corrected chi connectivity index (χ2v) is 9.72. The largest absolute Gasteiger partial charge is 0.490 e. The van der Waals surface area contributed by atoms with E-state index in [1.54, 1.807) is 13.8 Å². The zero-order chi connectivity index (χ0) is 19.7.